The Hall–Kier alpha value is -2.08. The highest BCUT2D eigenvalue weighted by Crippen LogP contribution is 2.34. The Bertz CT molecular complexity index is 744. The van der Waals surface area contributed by atoms with E-state index >= 15 is 0 Å². The van der Waals surface area contributed by atoms with Gasteiger partial charge in [0.2, 0.25) is 5.89 Å². The van der Waals surface area contributed by atoms with Crippen molar-refractivity contribution in [3.63, 3.8) is 0 Å². The Balaban J connectivity index is 1.42. The number of aromatic nitrogens is 2. The maximum Gasteiger partial charge on any atom is 0.434 e. The Labute approximate surface area is 134 Å². The molecule has 4 rings (SSSR count). The topological polar surface area (TPSA) is 71.4 Å². The van der Waals surface area contributed by atoms with Crippen LogP contribution >= 0.6 is 0 Å². The molecule has 3 heterocycles. The van der Waals surface area contributed by atoms with Crippen molar-refractivity contribution in [1.82, 2.24) is 15.1 Å². The lowest BCUT2D eigenvalue weighted by Crippen LogP contribution is -2.35. The number of fused-ring (bicyclic) bond motifs is 1. The van der Waals surface area contributed by atoms with Crippen molar-refractivity contribution in [2.75, 3.05) is 19.7 Å². The van der Waals surface area contributed by atoms with Gasteiger partial charge >= 0.3 is 5.76 Å². The average molecular weight is 315 g/mol. The van der Waals surface area contributed by atoms with E-state index in [1.54, 1.807) is 0 Å². The highest BCUT2D eigenvalue weighted by atomic mass is 16.5. The molecule has 0 bridgehead atoms. The molecule has 0 amide bonds. The Morgan fingerprint density at radius 2 is 2.17 bits per heavy atom. The number of piperidine rings is 1. The molecule has 1 aromatic heterocycles. The molecule has 2 aliphatic heterocycles. The van der Waals surface area contributed by atoms with Crippen LogP contribution in [0.15, 0.2) is 27.4 Å². The van der Waals surface area contributed by atoms with E-state index in [0.717, 1.165) is 44.7 Å². The summed E-state index contributed by atoms with van der Waals surface area (Å²) in [5, 5.41) is 6.32. The van der Waals surface area contributed by atoms with Crippen LogP contribution in [0.3, 0.4) is 0 Å². The van der Waals surface area contributed by atoms with Crippen LogP contribution in [0, 0.1) is 0 Å². The second kappa shape index (κ2) is 5.85. The molecule has 1 N–H and O–H groups in total. The summed E-state index contributed by atoms with van der Waals surface area (Å²) in [6, 6.07) is 6.96. The maximum atomic E-state index is 11.1. The molecule has 122 valence electrons. The largest absolute Gasteiger partial charge is 0.493 e. The summed E-state index contributed by atoms with van der Waals surface area (Å²) in [6.45, 7) is 4.99. The summed E-state index contributed by atoms with van der Waals surface area (Å²) in [6.07, 6.45) is 2.93. The number of nitrogens with zero attached hydrogens (tertiary/aromatic N) is 2. The lowest BCUT2D eigenvalue weighted by molar-refractivity contribution is 0.153. The first-order valence-electron chi connectivity index (χ1n) is 8.26. The number of H-pyrrole nitrogens is 1. The van der Waals surface area contributed by atoms with Gasteiger partial charge in [-0.05, 0) is 50.0 Å². The van der Waals surface area contributed by atoms with Gasteiger partial charge in [0.1, 0.15) is 5.75 Å². The summed E-state index contributed by atoms with van der Waals surface area (Å²) in [4.78, 5) is 13.5. The van der Waals surface area contributed by atoms with Crippen LogP contribution < -0.4 is 10.5 Å². The van der Waals surface area contributed by atoms with Crippen LogP contribution in [0.25, 0.3) is 0 Å². The van der Waals surface area contributed by atoms with Gasteiger partial charge in [-0.2, -0.15) is 0 Å². The van der Waals surface area contributed by atoms with Crippen LogP contribution in [0.2, 0.25) is 0 Å². The molecule has 6 nitrogen and oxygen atoms in total. The summed E-state index contributed by atoms with van der Waals surface area (Å²) >= 11 is 0. The first kappa shape index (κ1) is 14.5. The molecule has 23 heavy (non-hydrogen) atoms. The fraction of sp³-hybridized carbons (Fsp3) is 0.529. The number of nitrogens with one attached hydrogen (secondary N) is 1. The highest BCUT2D eigenvalue weighted by molar-refractivity contribution is 5.41. The summed E-state index contributed by atoms with van der Waals surface area (Å²) in [7, 11) is 0. The van der Waals surface area contributed by atoms with Crippen molar-refractivity contribution < 1.29 is 9.15 Å². The number of aromatic amines is 1. The molecule has 1 aromatic carbocycles. The van der Waals surface area contributed by atoms with Gasteiger partial charge in [-0.15, -0.1) is 5.10 Å². The predicted octanol–water partition coefficient (Wildman–Crippen LogP) is 2.24. The zero-order valence-corrected chi connectivity index (χ0v) is 13.2. The molecule has 1 unspecified atom stereocenters. The molecule has 1 saturated heterocycles. The van der Waals surface area contributed by atoms with Gasteiger partial charge < -0.3 is 9.15 Å². The molecule has 1 atom stereocenters. The minimum Gasteiger partial charge on any atom is -0.493 e. The second-order valence-electron chi connectivity index (χ2n) is 6.40. The van der Waals surface area contributed by atoms with E-state index < -0.39 is 5.76 Å². The van der Waals surface area contributed by atoms with E-state index in [9.17, 15) is 4.79 Å². The number of ether oxygens (including phenoxy) is 1. The number of likely N-dealkylation sites (tertiary alicyclic amines) is 1. The van der Waals surface area contributed by atoms with Crippen molar-refractivity contribution in [3.8, 4) is 5.75 Å². The van der Waals surface area contributed by atoms with Crippen LogP contribution in [0.1, 0.15) is 48.7 Å². The Morgan fingerprint density at radius 1 is 1.35 bits per heavy atom. The zero-order chi connectivity index (χ0) is 15.8. The first-order valence-corrected chi connectivity index (χ1v) is 8.26. The maximum absolute atomic E-state index is 11.1. The highest BCUT2D eigenvalue weighted by Gasteiger charge is 2.27. The summed E-state index contributed by atoms with van der Waals surface area (Å²) < 4.78 is 10.8. The fourth-order valence-electron chi connectivity index (χ4n) is 3.60. The number of hydrogen-bond donors (Lipinski definition) is 1. The predicted molar refractivity (Wildman–Crippen MR) is 84.7 cm³/mol. The lowest BCUT2D eigenvalue weighted by atomic mass is 9.94. The Morgan fingerprint density at radius 3 is 2.91 bits per heavy atom. The third-order valence-electron chi connectivity index (χ3n) is 5.08. The third kappa shape index (κ3) is 2.79. The van der Waals surface area contributed by atoms with Gasteiger partial charge in [0.15, 0.2) is 0 Å². The monoisotopic (exact) mass is 315 g/mol. The van der Waals surface area contributed by atoms with E-state index in [1.165, 1.54) is 11.1 Å². The van der Waals surface area contributed by atoms with Crippen LogP contribution in [0.5, 0.6) is 5.75 Å². The fourth-order valence-corrected chi connectivity index (χ4v) is 3.60. The third-order valence-corrected chi connectivity index (χ3v) is 5.08. The van der Waals surface area contributed by atoms with Gasteiger partial charge in [-0.3, -0.25) is 4.90 Å². The smallest absolute Gasteiger partial charge is 0.434 e. The minimum atomic E-state index is -0.464. The molecule has 0 aliphatic carbocycles. The van der Waals surface area contributed by atoms with Gasteiger partial charge in [0, 0.05) is 18.4 Å². The van der Waals surface area contributed by atoms with Crippen molar-refractivity contribution in [1.29, 1.82) is 0 Å². The summed E-state index contributed by atoms with van der Waals surface area (Å²) in [5.74, 6) is 1.37. The first-order chi connectivity index (χ1) is 11.2. The van der Waals surface area contributed by atoms with Crippen LogP contribution in [-0.2, 0) is 6.42 Å². The van der Waals surface area contributed by atoms with E-state index in [2.05, 4.69) is 40.2 Å². The normalized spacial score (nSPS) is 20.2. The minimum absolute atomic E-state index is 0.237. The van der Waals surface area contributed by atoms with Gasteiger partial charge in [0.25, 0.3) is 0 Å². The van der Waals surface area contributed by atoms with Crippen molar-refractivity contribution in [3.05, 3.63) is 45.8 Å². The molecule has 2 aromatic rings. The van der Waals surface area contributed by atoms with E-state index in [-0.39, 0.29) is 5.92 Å². The Kier molecular flexibility index (Phi) is 3.69. The van der Waals surface area contributed by atoms with Crippen molar-refractivity contribution in [2.24, 2.45) is 0 Å². The van der Waals surface area contributed by atoms with Crippen molar-refractivity contribution >= 4 is 0 Å². The summed E-state index contributed by atoms with van der Waals surface area (Å²) in [5.41, 5.74) is 2.61. The molecule has 2 aliphatic rings. The molecule has 1 fully saturated rings. The van der Waals surface area contributed by atoms with Crippen LogP contribution in [-0.4, -0.2) is 34.8 Å². The van der Waals surface area contributed by atoms with E-state index in [4.69, 9.17) is 9.15 Å². The molecule has 0 spiro atoms. The average Bonchev–Trinajstić information content (AvgIpc) is 3.22. The van der Waals surface area contributed by atoms with E-state index in [0.29, 0.717) is 11.9 Å². The standard InChI is InChI=1S/C17H21N3O3/c1-11(14-3-2-12-6-9-22-15(12)10-14)20-7-4-13(5-8-20)16-18-19-17(21)23-16/h2-3,10-11,13H,4-9H2,1H3,(H,19,21). The number of rotatable bonds is 3. The van der Waals surface area contributed by atoms with Crippen LogP contribution in [0.4, 0.5) is 0 Å². The molecule has 0 radical (unpaired) electrons. The van der Waals surface area contributed by atoms with Gasteiger partial charge in [-0.1, -0.05) is 12.1 Å². The SMILES string of the molecule is CC(c1ccc2c(c1)OCC2)N1CCC(c2n[nH]c(=O)o2)CC1. The van der Waals surface area contributed by atoms with Gasteiger partial charge in [-0.25, -0.2) is 9.89 Å². The quantitative estimate of drug-likeness (QED) is 0.940. The molecule has 0 saturated carbocycles. The molecular weight excluding hydrogens is 294 g/mol. The second-order valence-corrected chi connectivity index (χ2v) is 6.40. The van der Waals surface area contributed by atoms with Crippen molar-refractivity contribution in [2.45, 2.75) is 38.1 Å². The lowest BCUT2D eigenvalue weighted by Gasteiger charge is -2.35. The molecule has 6 heteroatoms. The zero-order valence-electron chi connectivity index (χ0n) is 13.2. The van der Waals surface area contributed by atoms with E-state index in [1.807, 2.05) is 0 Å². The number of hydrogen-bond acceptors (Lipinski definition) is 5. The number of benzene rings is 1. The molecular formula is C17H21N3O3. The van der Waals surface area contributed by atoms with Gasteiger partial charge in [0.05, 0.1) is 6.61 Å².